The predicted octanol–water partition coefficient (Wildman–Crippen LogP) is 1.67. The number of ether oxygens (including phenoxy) is 1. The maximum absolute atomic E-state index is 12.1. The third-order valence-electron chi connectivity index (χ3n) is 3.25. The largest absolute Gasteiger partial charge is 0.380 e. The van der Waals surface area contributed by atoms with Gasteiger partial charge in [0.25, 0.3) is 11.6 Å². The first kappa shape index (κ1) is 13.5. The van der Waals surface area contributed by atoms with Crippen LogP contribution in [-0.4, -0.2) is 30.6 Å². The highest BCUT2D eigenvalue weighted by atomic mass is 16.6. The molecule has 1 aliphatic heterocycles. The minimum atomic E-state index is -0.503. The fourth-order valence-corrected chi connectivity index (χ4v) is 1.91. The zero-order valence-electron chi connectivity index (χ0n) is 10.9. The first-order valence-electron chi connectivity index (χ1n) is 6.02. The van der Waals surface area contributed by atoms with Crippen LogP contribution in [0.15, 0.2) is 18.2 Å². The van der Waals surface area contributed by atoms with Crippen molar-refractivity contribution in [1.29, 1.82) is 0 Å². The lowest BCUT2D eigenvalue weighted by atomic mass is 9.88. The fraction of sp³-hybridized carbons (Fsp3) is 0.462. The Morgan fingerprint density at radius 3 is 2.74 bits per heavy atom. The number of nitro benzene ring substituents is 1. The molecule has 0 saturated carbocycles. The molecule has 1 heterocycles. The van der Waals surface area contributed by atoms with Crippen molar-refractivity contribution in [2.75, 3.05) is 19.8 Å². The summed E-state index contributed by atoms with van der Waals surface area (Å²) < 4.78 is 5.11. The first-order chi connectivity index (χ1) is 8.91. The Labute approximate surface area is 110 Å². The van der Waals surface area contributed by atoms with Gasteiger partial charge < -0.3 is 10.1 Å². The number of carbonyl (C=O) groups is 1. The van der Waals surface area contributed by atoms with Gasteiger partial charge in [-0.1, -0.05) is 13.0 Å². The number of nitro groups is 1. The lowest BCUT2D eigenvalue weighted by Gasteiger charge is -2.38. The standard InChI is InChI=1S/C13H16N2O4/c1-9-3-4-10(15(17)18)5-11(9)12(16)14-6-13(2)7-19-8-13/h3-5H,6-8H2,1-2H3,(H,14,16). The Morgan fingerprint density at radius 2 is 2.21 bits per heavy atom. The number of rotatable bonds is 4. The summed E-state index contributed by atoms with van der Waals surface area (Å²) in [5.74, 6) is -0.283. The molecule has 0 radical (unpaired) electrons. The fourth-order valence-electron chi connectivity index (χ4n) is 1.91. The van der Waals surface area contributed by atoms with Gasteiger partial charge in [0.15, 0.2) is 0 Å². The third-order valence-corrected chi connectivity index (χ3v) is 3.25. The van der Waals surface area contributed by atoms with Gasteiger partial charge in [-0.25, -0.2) is 0 Å². The molecule has 1 fully saturated rings. The predicted molar refractivity (Wildman–Crippen MR) is 69.1 cm³/mol. The second-order valence-electron chi connectivity index (χ2n) is 5.24. The summed E-state index contributed by atoms with van der Waals surface area (Å²) in [6, 6.07) is 4.29. The van der Waals surface area contributed by atoms with Crippen molar-refractivity contribution in [3.05, 3.63) is 39.4 Å². The summed E-state index contributed by atoms with van der Waals surface area (Å²) in [4.78, 5) is 22.3. The average Bonchev–Trinajstić information content (AvgIpc) is 2.34. The minimum absolute atomic E-state index is 0.0235. The van der Waals surface area contributed by atoms with Crippen LogP contribution in [0.25, 0.3) is 0 Å². The molecule has 0 bridgehead atoms. The molecule has 19 heavy (non-hydrogen) atoms. The second kappa shape index (κ2) is 4.97. The number of hydrogen-bond acceptors (Lipinski definition) is 4. The number of hydrogen-bond donors (Lipinski definition) is 1. The molecule has 0 unspecified atom stereocenters. The quantitative estimate of drug-likeness (QED) is 0.662. The van der Waals surface area contributed by atoms with Gasteiger partial charge in [-0.3, -0.25) is 14.9 Å². The van der Waals surface area contributed by atoms with Crippen LogP contribution >= 0.6 is 0 Å². The number of amides is 1. The van der Waals surface area contributed by atoms with Crippen molar-refractivity contribution in [3.8, 4) is 0 Å². The molecule has 1 amide bonds. The zero-order chi connectivity index (χ0) is 14.0. The van der Waals surface area contributed by atoms with Crippen molar-refractivity contribution in [3.63, 3.8) is 0 Å². The van der Waals surface area contributed by atoms with Crippen LogP contribution in [0.4, 0.5) is 5.69 Å². The van der Waals surface area contributed by atoms with Gasteiger partial charge in [-0.2, -0.15) is 0 Å². The van der Waals surface area contributed by atoms with E-state index in [1.165, 1.54) is 12.1 Å². The summed E-state index contributed by atoms with van der Waals surface area (Å²) in [5, 5.41) is 13.5. The average molecular weight is 264 g/mol. The molecule has 1 aliphatic rings. The SMILES string of the molecule is Cc1ccc([N+](=O)[O-])cc1C(=O)NCC1(C)COC1. The Morgan fingerprint density at radius 1 is 1.53 bits per heavy atom. The molecule has 6 heteroatoms. The van der Waals surface area contributed by atoms with Crippen LogP contribution in [0.1, 0.15) is 22.8 Å². The molecule has 2 rings (SSSR count). The molecule has 1 aromatic rings. The van der Waals surface area contributed by atoms with Gasteiger partial charge in [-0.05, 0) is 12.5 Å². The molecule has 1 saturated heterocycles. The van der Waals surface area contributed by atoms with Crippen LogP contribution < -0.4 is 5.32 Å². The number of benzene rings is 1. The maximum Gasteiger partial charge on any atom is 0.270 e. The van der Waals surface area contributed by atoms with E-state index in [1.807, 2.05) is 6.92 Å². The van der Waals surface area contributed by atoms with Crippen LogP contribution in [0, 0.1) is 22.5 Å². The molecule has 102 valence electrons. The smallest absolute Gasteiger partial charge is 0.270 e. The Balaban J connectivity index is 2.09. The highest BCUT2D eigenvalue weighted by Crippen LogP contribution is 2.25. The van der Waals surface area contributed by atoms with Gasteiger partial charge in [0.2, 0.25) is 0 Å². The summed E-state index contributed by atoms with van der Waals surface area (Å²) in [6.45, 7) is 5.54. The molecule has 1 N–H and O–H groups in total. The van der Waals surface area contributed by atoms with Crippen LogP contribution in [0.3, 0.4) is 0 Å². The van der Waals surface area contributed by atoms with E-state index in [0.717, 1.165) is 5.56 Å². The van der Waals surface area contributed by atoms with E-state index in [0.29, 0.717) is 25.3 Å². The molecular weight excluding hydrogens is 248 g/mol. The molecule has 0 aromatic heterocycles. The Bertz CT molecular complexity index is 523. The van der Waals surface area contributed by atoms with E-state index in [2.05, 4.69) is 5.32 Å². The molecule has 0 spiro atoms. The van der Waals surface area contributed by atoms with E-state index in [1.54, 1.807) is 13.0 Å². The third kappa shape index (κ3) is 2.90. The van der Waals surface area contributed by atoms with Gasteiger partial charge in [0.05, 0.1) is 18.1 Å². The van der Waals surface area contributed by atoms with Gasteiger partial charge >= 0.3 is 0 Å². The number of nitrogens with one attached hydrogen (secondary N) is 1. The second-order valence-corrected chi connectivity index (χ2v) is 5.24. The van der Waals surface area contributed by atoms with Crippen molar-refractivity contribution >= 4 is 11.6 Å². The summed E-state index contributed by atoms with van der Waals surface area (Å²) in [5.41, 5.74) is 0.967. The summed E-state index contributed by atoms with van der Waals surface area (Å²) in [6.07, 6.45) is 0. The van der Waals surface area contributed by atoms with Crippen LogP contribution in [-0.2, 0) is 4.74 Å². The molecule has 1 aromatic carbocycles. The number of aryl methyl sites for hydroxylation is 1. The zero-order valence-corrected chi connectivity index (χ0v) is 10.9. The monoisotopic (exact) mass is 264 g/mol. The Hall–Kier alpha value is -1.95. The van der Waals surface area contributed by atoms with Gasteiger partial charge in [0, 0.05) is 29.7 Å². The van der Waals surface area contributed by atoms with Gasteiger partial charge in [0.1, 0.15) is 0 Å². The minimum Gasteiger partial charge on any atom is -0.380 e. The van der Waals surface area contributed by atoms with Crippen LogP contribution in [0.5, 0.6) is 0 Å². The van der Waals surface area contributed by atoms with E-state index < -0.39 is 4.92 Å². The lowest BCUT2D eigenvalue weighted by Crippen LogP contribution is -2.48. The Kier molecular flexibility index (Phi) is 3.53. The highest BCUT2D eigenvalue weighted by molar-refractivity contribution is 5.96. The van der Waals surface area contributed by atoms with E-state index in [-0.39, 0.29) is 17.0 Å². The van der Waals surface area contributed by atoms with Crippen molar-refractivity contribution in [2.24, 2.45) is 5.41 Å². The van der Waals surface area contributed by atoms with E-state index in [4.69, 9.17) is 4.74 Å². The highest BCUT2D eigenvalue weighted by Gasteiger charge is 2.33. The number of carbonyl (C=O) groups excluding carboxylic acids is 1. The van der Waals surface area contributed by atoms with E-state index >= 15 is 0 Å². The molecular formula is C13H16N2O4. The summed E-state index contributed by atoms with van der Waals surface area (Å²) >= 11 is 0. The van der Waals surface area contributed by atoms with Crippen LogP contribution in [0.2, 0.25) is 0 Å². The van der Waals surface area contributed by atoms with Crippen molar-refractivity contribution < 1.29 is 14.5 Å². The lowest BCUT2D eigenvalue weighted by molar-refractivity contribution is -0.384. The maximum atomic E-state index is 12.1. The molecule has 0 atom stereocenters. The number of non-ortho nitro benzene ring substituents is 1. The topological polar surface area (TPSA) is 81.5 Å². The van der Waals surface area contributed by atoms with Gasteiger partial charge in [-0.15, -0.1) is 0 Å². The molecule has 6 nitrogen and oxygen atoms in total. The normalized spacial score (nSPS) is 16.5. The van der Waals surface area contributed by atoms with Crippen molar-refractivity contribution in [1.82, 2.24) is 5.32 Å². The summed E-state index contributed by atoms with van der Waals surface area (Å²) in [7, 11) is 0. The first-order valence-corrected chi connectivity index (χ1v) is 6.02. The number of nitrogens with zero attached hydrogens (tertiary/aromatic N) is 1. The molecule has 0 aliphatic carbocycles. The van der Waals surface area contributed by atoms with E-state index in [9.17, 15) is 14.9 Å². The van der Waals surface area contributed by atoms with Crippen molar-refractivity contribution in [2.45, 2.75) is 13.8 Å².